The van der Waals surface area contributed by atoms with Crippen LogP contribution in [0, 0.1) is 6.92 Å². The second-order valence-electron chi connectivity index (χ2n) is 4.32. The number of carbonyl (C=O) groups excluding carboxylic acids is 1. The second kappa shape index (κ2) is 6.49. The molecule has 0 aliphatic heterocycles. The van der Waals surface area contributed by atoms with Gasteiger partial charge >= 0.3 is 0 Å². The van der Waals surface area contributed by atoms with Crippen LogP contribution in [0.5, 0.6) is 0 Å². The first-order chi connectivity index (χ1) is 8.81. The monoisotopic (exact) mass is 304 g/mol. The van der Waals surface area contributed by atoms with Gasteiger partial charge in [-0.3, -0.25) is 4.79 Å². The van der Waals surface area contributed by atoms with E-state index in [9.17, 15) is 13.2 Å². The van der Waals surface area contributed by atoms with E-state index in [1.165, 1.54) is 17.4 Å². The first-order valence-electron chi connectivity index (χ1n) is 6.22. The molecule has 0 fully saturated rings. The number of amides is 1. The number of aryl methyl sites for hydroxylation is 1. The zero-order valence-electron chi connectivity index (χ0n) is 11.6. The molecular formula is C12H20N2O3S2. The lowest BCUT2D eigenvalue weighted by Gasteiger charge is -2.11. The van der Waals surface area contributed by atoms with E-state index in [-0.39, 0.29) is 16.8 Å². The summed E-state index contributed by atoms with van der Waals surface area (Å²) in [6.07, 6.45) is 0.714. The fraction of sp³-hybridized carbons (Fsp3) is 0.583. The van der Waals surface area contributed by atoms with Gasteiger partial charge in [-0.2, -0.15) is 0 Å². The van der Waals surface area contributed by atoms with Crippen molar-refractivity contribution in [2.24, 2.45) is 0 Å². The van der Waals surface area contributed by atoms with Crippen molar-refractivity contribution in [1.82, 2.24) is 10.0 Å². The molecule has 0 saturated heterocycles. The summed E-state index contributed by atoms with van der Waals surface area (Å²) in [4.78, 5) is 12.9. The van der Waals surface area contributed by atoms with E-state index >= 15 is 0 Å². The Kier molecular flexibility index (Phi) is 5.51. The number of hydrogen-bond acceptors (Lipinski definition) is 4. The van der Waals surface area contributed by atoms with Gasteiger partial charge in [0.15, 0.2) is 0 Å². The molecule has 0 aromatic carbocycles. The van der Waals surface area contributed by atoms with Crippen molar-refractivity contribution in [2.75, 3.05) is 6.54 Å². The number of carbonyl (C=O) groups is 1. The number of rotatable bonds is 6. The average molecular weight is 304 g/mol. The molecule has 0 aliphatic rings. The molecule has 1 atom stereocenters. The van der Waals surface area contributed by atoms with Gasteiger partial charge in [0.2, 0.25) is 10.0 Å². The minimum atomic E-state index is -3.55. The van der Waals surface area contributed by atoms with Crippen LogP contribution in [0.25, 0.3) is 0 Å². The molecule has 1 rings (SSSR count). The molecule has 0 bridgehead atoms. The van der Waals surface area contributed by atoms with E-state index in [0.29, 0.717) is 22.7 Å². The van der Waals surface area contributed by atoms with E-state index < -0.39 is 10.0 Å². The molecule has 0 spiro atoms. The van der Waals surface area contributed by atoms with Crippen LogP contribution in [-0.2, 0) is 10.0 Å². The Bertz CT molecular complexity index is 549. The van der Waals surface area contributed by atoms with Crippen LogP contribution in [0.15, 0.2) is 11.0 Å². The van der Waals surface area contributed by atoms with Crippen molar-refractivity contribution >= 4 is 27.3 Å². The topological polar surface area (TPSA) is 75.3 Å². The maximum atomic E-state index is 12.2. The summed E-state index contributed by atoms with van der Waals surface area (Å²) >= 11 is 1.19. The molecule has 19 heavy (non-hydrogen) atoms. The van der Waals surface area contributed by atoms with Crippen LogP contribution < -0.4 is 10.0 Å². The fourth-order valence-electron chi connectivity index (χ4n) is 1.50. The molecular weight excluding hydrogens is 284 g/mol. The molecule has 1 unspecified atom stereocenters. The van der Waals surface area contributed by atoms with Gasteiger partial charge in [0.1, 0.15) is 0 Å². The van der Waals surface area contributed by atoms with Crippen molar-refractivity contribution in [2.45, 2.75) is 45.1 Å². The minimum Gasteiger partial charge on any atom is -0.352 e. The van der Waals surface area contributed by atoms with Crippen molar-refractivity contribution in [1.29, 1.82) is 0 Å². The molecule has 1 aromatic rings. The van der Waals surface area contributed by atoms with Crippen LogP contribution in [0.1, 0.15) is 41.7 Å². The molecule has 0 aliphatic carbocycles. The highest BCUT2D eigenvalue weighted by Gasteiger charge is 2.23. The maximum Gasteiger partial charge on any atom is 0.261 e. The summed E-state index contributed by atoms with van der Waals surface area (Å²) in [5, 5.41) is 2.66. The van der Waals surface area contributed by atoms with Gasteiger partial charge in [0.05, 0.1) is 9.77 Å². The number of hydrogen-bond donors (Lipinski definition) is 2. The van der Waals surface area contributed by atoms with Crippen molar-refractivity contribution < 1.29 is 13.2 Å². The zero-order chi connectivity index (χ0) is 14.6. The van der Waals surface area contributed by atoms with E-state index in [2.05, 4.69) is 10.0 Å². The number of nitrogens with one attached hydrogen (secondary N) is 2. The van der Waals surface area contributed by atoms with Gasteiger partial charge < -0.3 is 5.32 Å². The molecule has 0 radical (unpaired) electrons. The van der Waals surface area contributed by atoms with Crippen LogP contribution in [0.4, 0.5) is 0 Å². The lowest BCUT2D eigenvalue weighted by Crippen LogP contribution is -2.32. The Balaban J connectivity index is 3.05. The SMILES string of the molecule is CCNC(=O)c1cc(S(=O)(=O)NC(C)CC)c(C)s1. The minimum absolute atomic E-state index is 0.128. The normalized spacial score (nSPS) is 13.3. The summed E-state index contributed by atoms with van der Waals surface area (Å²) < 4.78 is 27.0. The Labute approximate surface area is 118 Å². The lowest BCUT2D eigenvalue weighted by atomic mass is 10.3. The predicted molar refractivity (Wildman–Crippen MR) is 77.1 cm³/mol. The zero-order valence-corrected chi connectivity index (χ0v) is 13.2. The molecule has 108 valence electrons. The van der Waals surface area contributed by atoms with Crippen LogP contribution in [0.2, 0.25) is 0 Å². The average Bonchev–Trinajstić information content (AvgIpc) is 2.72. The van der Waals surface area contributed by atoms with Gasteiger partial charge in [-0.25, -0.2) is 13.1 Å². The number of thiophene rings is 1. The van der Waals surface area contributed by atoms with Crippen LogP contribution in [-0.4, -0.2) is 26.9 Å². The Morgan fingerprint density at radius 3 is 2.58 bits per heavy atom. The molecule has 7 heteroatoms. The standard InChI is InChI=1S/C12H20N2O3S2/c1-5-8(3)14-19(16,17)11-7-10(18-9(11)4)12(15)13-6-2/h7-8,14H,5-6H2,1-4H3,(H,13,15). The molecule has 1 amide bonds. The molecule has 2 N–H and O–H groups in total. The maximum absolute atomic E-state index is 12.2. The van der Waals surface area contributed by atoms with Crippen molar-refractivity contribution in [3.05, 3.63) is 15.8 Å². The van der Waals surface area contributed by atoms with E-state index in [4.69, 9.17) is 0 Å². The van der Waals surface area contributed by atoms with E-state index in [1.807, 2.05) is 20.8 Å². The Hall–Kier alpha value is -0.920. The van der Waals surface area contributed by atoms with Gasteiger partial charge in [-0.05, 0) is 33.3 Å². The summed E-state index contributed by atoms with van der Waals surface area (Å²) in [7, 11) is -3.55. The molecule has 0 saturated carbocycles. The van der Waals surface area contributed by atoms with Crippen LogP contribution >= 0.6 is 11.3 Å². The van der Waals surface area contributed by atoms with E-state index in [0.717, 1.165) is 0 Å². The number of sulfonamides is 1. The summed E-state index contributed by atoms with van der Waals surface area (Å²) in [5.74, 6) is -0.236. The largest absolute Gasteiger partial charge is 0.352 e. The smallest absolute Gasteiger partial charge is 0.261 e. The lowest BCUT2D eigenvalue weighted by molar-refractivity contribution is 0.0959. The predicted octanol–water partition coefficient (Wildman–Crippen LogP) is 1.88. The Morgan fingerprint density at radius 1 is 1.42 bits per heavy atom. The van der Waals surface area contributed by atoms with Gasteiger partial charge in [0.25, 0.3) is 5.91 Å². The van der Waals surface area contributed by atoms with E-state index in [1.54, 1.807) is 6.92 Å². The van der Waals surface area contributed by atoms with Gasteiger partial charge in [-0.1, -0.05) is 6.92 Å². The molecule has 5 nitrogen and oxygen atoms in total. The Morgan fingerprint density at radius 2 is 2.05 bits per heavy atom. The molecule has 1 aromatic heterocycles. The highest BCUT2D eigenvalue weighted by atomic mass is 32.2. The molecule has 1 heterocycles. The summed E-state index contributed by atoms with van der Waals surface area (Å²) in [6.45, 7) is 7.76. The first-order valence-corrected chi connectivity index (χ1v) is 8.52. The first kappa shape index (κ1) is 16.1. The third-order valence-electron chi connectivity index (χ3n) is 2.69. The summed E-state index contributed by atoms with van der Waals surface area (Å²) in [6, 6.07) is 1.31. The second-order valence-corrected chi connectivity index (χ2v) is 7.26. The van der Waals surface area contributed by atoms with Crippen molar-refractivity contribution in [3.8, 4) is 0 Å². The van der Waals surface area contributed by atoms with Gasteiger partial charge in [0, 0.05) is 17.5 Å². The van der Waals surface area contributed by atoms with Crippen molar-refractivity contribution in [3.63, 3.8) is 0 Å². The van der Waals surface area contributed by atoms with Crippen LogP contribution in [0.3, 0.4) is 0 Å². The summed E-state index contributed by atoms with van der Waals surface area (Å²) in [5.41, 5.74) is 0. The highest BCUT2D eigenvalue weighted by molar-refractivity contribution is 7.89. The van der Waals surface area contributed by atoms with Gasteiger partial charge in [-0.15, -0.1) is 11.3 Å². The third-order valence-corrected chi connectivity index (χ3v) is 5.59. The fourth-order valence-corrected chi connectivity index (χ4v) is 4.34. The third kappa shape index (κ3) is 4.02. The quantitative estimate of drug-likeness (QED) is 0.842. The highest BCUT2D eigenvalue weighted by Crippen LogP contribution is 2.25.